The van der Waals surface area contributed by atoms with E-state index in [1.54, 1.807) is 0 Å². The number of aryl methyl sites for hydroxylation is 1. The van der Waals surface area contributed by atoms with Crippen LogP contribution < -0.4 is 5.73 Å². The Labute approximate surface area is 86.9 Å². The number of nitrogens with two attached hydrogens (primary N) is 1. The molecule has 1 rings (SSSR count). The summed E-state index contributed by atoms with van der Waals surface area (Å²) >= 11 is 5.85. The van der Waals surface area contributed by atoms with Crippen LogP contribution in [-0.2, 0) is 6.42 Å². The summed E-state index contributed by atoms with van der Waals surface area (Å²) in [4.78, 5) is 0. The first-order valence-corrected chi connectivity index (χ1v) is 4.79. The highest BCUT2D eigenvalue weighted by molar-refractivity contribution is 6.31. The third-order valence-corrected chi connectivity index (χ3v) is 2.34. The van der Waals surface area contributed by atoms with Gasteiger partial charge in [-0.25, -0.2) is 8.78 Å². The zero-order valence-corrected chi connectivity index (χ0v) is 8.40. The molecule has 4 heteroatoms. The first-order valence-electron chi connectivity index (χ1n) is 4.41. The van der Waals surface area contributed by atoms with Crippen LogP contribution in [0.1, 0.15) is 24.0 Å². The standard InChI is InChI=1S/C10H12ClF2N/c11-9-4-3-8(10(12)13)6-7(9)2-1-5-14/h3-4,6,10H,1-2,5,14H2. The van der Waals surface area contributed by atoms with Crippen LogP contribution in [0, 0.1) is 0 Å². The molecule has 0 saturated heterocycles. The summed E-state index contributed by atoms with van der Waals surface area (Å²) in [7, 11) is 0. The van der Waals surface area contributed by atoms with Gasteiger partial charge in [0, 0.05) is 10.6 Å². The summed E-state index contributed by atoms with van der Waals surface area (Å²) in [6, 6.07) is 4.30. The Balaban J connectivity index is 2.85. The molecule has 0 bridgehead atoms. The van der Waals surface area contributed by atoms with E-state index in [1.165, 1.54) is 18.2 Å². The SMILES string of the molecule is NCCCc1cc(C(F)F)ccc1Cl. The van der Waals surface area contributed by atoms with Crippen molar-refractivity contribution >= 4 is 11.6 Å². The lowest BCUT2D eigenvalue weighted by atomic mass is 10.1. The van der Waals surface area contributed by atoms with Gasteiger partial charge in [-0.15, -0.1) is 0 Å². The molecule has 0 aromatic heterocycles. The number of hydrogen-bond donors (Lipinski definition) is 1. The van der Waals surface area contributed by atoms with Crippen molar-refractivity contribution in [3.8, 4) is 0 Å². The molecule has 0 atom stereocenters. The number of benzene rings is 1. The first-order chi connectivity index (χ1) is 6.65. The van der Waals surface area contributed by atoms with Crippen LogP contribution in [-0.4, -0.2) is 6.54 Å². The topological polar surface area (TPSA) is 26.0 Å². The van der Waals surface area contributed by atoms with Gasteiger partial charge < -0.3 is 5.73 Å². The molecule has 1 aromatic rings. The van der Waals surface area contributed by atoms with Crippen LogP contribution in [0.2, 0.25) is 5.02 Å². The van der Waals surface area contributed by atoms with Gasteiger partial charge in [0.2, 0.25) is 0 Å². The highest BCUT2D eigenvalue weighted by Crippen LogP contribution is 2.25. The van der Waals surface area contributed by atoms with Gasteiger partial charge in [0.05, 0.1) is 0 Å². The summed E-state index contributed by atoms with van der Waals surface area (Å²) < 4.78 is 24.7. The van der Waals surface area contributed by atoms with Crippen molar-refractivity contribution in [2.75, 3.05) is 6.54 Å². The second-order valence-electron chi connectivity index (χ2n) is 3.04. The molecule has 0 fully saturated rings. The Kier molecular flexibility index (Phi) is 4.29. The fraction of sp³-hybridized carbons (Fsp3) is 0.400. The molecule has 0 heterocycles. The zero-order chi connectivity index (χ0) is 10.6. The first kappa shape index (κ1) is 11.4. The summed E-state index contributed by atoms with van der Waals surface area (Å²) in [6.45, 7) is 0.537. The van der Waals surface area contributed by atoms with Crippen LogP contribution >= 0.6 is 11.6 Å². The fourth-order valence-corrected chi connectivity index (χ4v) is 1.43. The van der Waals surface area contributed by atoms with Crippen molar-refractivity contribution in [2.24, 2.45) is 5.73 Å². The van der Waals surface area contributed by atoms with Crippen molar-refractivity contribution in [1.29, 1.82) is 0 Å². The number of hydrogen-bond acceptors (Lipinski definition) is 1. The molecule has 0 spiro atoms. The minimum absolute atomic E-state index is 0.0152. The lowest BCUT2D eigenvalue weighted by Crippen LogP contribution is -2.01. The van der Waals surface area contributed by atoms with E-state index in [1.807, 2.05) is 0 Å². The van der Waals surface area contributed by atoms with Crippen LogP contribution in [0.5, 0.6) is 0 Å². The molecule has 0 aliphatic carbocycles. The van der Waals surface area contributed by atoms with Gasteiger partial charge in [0.1, 0.15) is 0 Å². The maximum absolute atomic E-state index is 12.3. The maximum Gasteiger partial charge on any atom is 0.263 e. The molecule has 1 nitrogen and oxygen atoms in total. The molecule has 0 radical (unpaired) electrons. The fourth-order valence-electron chi connectivity index (χ4n) is 1.21. The smallest absolute Gasteiger partial charge is 0.263 e. The third-order valence-electron chi connectivity index (χ3n) is 1.97. The van der Waals surface area contributed by atoms with Gasteiger partial charge in [-0.05, 0) is 37.1 Å². The Morgan fingerprint density at radius 1 is 1.36 bits per heavy atom. The van der Waals surface area contributed by atoms with Crippen LogP contribution in [0.25, 0.3) is 0 Å². The van der Waals surface area contributed by atoms with Gasteiger partial charge in [-0.3, -0.25) is 0 Å². The van der Waals surface area contributed by atoms with E-state index in [-0.39, 0.29) is 5.56 Å². The number of halogens is 3. The summed E-state index contributed by atoms with van der Waals surface area (Å²) in [5.74, 6) is 0. The molecule has 2 N–H and O–H groups in total. The molecule has 0 aliphatic rings. The van der Waals surface area contributed by atoms with Gasteiger partial charge in [0.25, 0.3) is 6.43 Å². The molecule has 0 saturated carbocycles. The molecule has 78 valence electrons. The zero-order valence-electron chi connectivity index (χ0n) is 7.64. The van der Waals surface area contributed by atoms with Crippen molar-refractivity contribution in [1.82, 2.24) is 0 Å². The van der Waals surface area contributed by atoms with Crippen molar-refractivity contribution in [3.05, 3.63) is 34.3 Å². The largest absolute Gasteiger partial charge is 0.330 e. The molecule has 14 heavy (non-hydrogen) atoms. The predicted octanol–water partition coefficient (Wildman–Crippen LogP) is 3.17. The molecule has 1 aromatic carbocycles. The van der Waals surface area contributed by atoms with Crippen LogP contribution in [0.15, 0.2) is 18.2 Å². The van der Waals surface area contributed by atoms with E-state index in [2.05, 4.69) is 0 Å². The minimum atomic E-state index is -2.44. The van der Waals surface area contributed by atoms with E-state index in [9.17, 15) is 8.78 Å². The van der Waals surface area contributed by atoms with E-state index < -0.39 is 6.43 Å². The van der Waals surface area contributed by atoms with E-state index in [4.69, 9.17) is 17.3 Å². The van der Waals surface area contributed by atoms with Gasteiger partial charge in [0.15, 0.2) is 0 Å². The second kappa shape index (κ2) is 5.27. The van der Waals surface area contributed by atoms with Crippen LogP contribution in [0.4, 0.5) is 8.78 Å². The number of alkyl halides is 2. The number of rotatable bonds is 4. The molecular formula is C10H12ClF2N. The molecule has 0 unspecified atom stereocenters. The second-order valence-corrected chi connectivity index (χ2v) is 3.45. The lowest BCUT2D eigenvalue weighted by Gasteiger charge is -2.06. The Morgan fingerprint density at radius 3 is 2.64 bits per heavy atom. The van der Waals surface area contributed by atoms with E-state index in [0.717, 1.165) is 12.0 Å². The van der Waals surface area contributed by atoms with Crippen LogP contribution in [0.3, 0.4) is 0 Å². The van der Waals surface area contributed by atoms with E-state index >= 15 is 0 Å². The summed E-state index contributed by atoms with van der Waals surface area (Å²) in [5.41, 5.74) is 6.09. The van der Waals surface area contributed by atoms with Gasteiger partial charge >= 0.3 is 0 Å². The average molecular weight is 220 g/mol. The maximum atomic E-state index is 12.3. The molecular weight excluding hydrogens is 208 g/mol. The Hall–Kier alpha value is -0.670. The third kappa shape index (κ3) is 2.93. The highest BCUT2D eigenvalue weighted by atomic mass is 35.5. The average Bonchev–Trinajstić information content (AvgIpc) is 2.16. The van der Waals surface area contributed by atoms with E-state index in [0.29, 0.717) is 18.0 Å². The Bertz CT molecular complexity index is 302. The van der Waals surface area contributed by atoms with Gasteiger partial charge in [-0.1, -0.05) is 17.7 Å². The highest BCUT2D eigenvalue weighted by Gasteiger charge is 2.09. The monoisotopic (exact) mass is 219 g/mol. The lowest BCUT2D eigenvalue weighted by molar-refractivity contribution is 0.151. The molecule has 0 amide bonds. The normalized spacial score (nSPS) is 10.9. The molecule has 0 aliphatic heterocycles. The minimum Gasteiger partial charge on any atom is -0.330 e. The Morgan fingerprint density at radius 2 is 2.07 bits per heavy atom. The summed E-state index contributed by atoms with van der Waals surface area (Å²) in [5, 5.41) is 0.530. The predicted molar refractivity (Wildman–Crippen MR) is 53.8 cm³/mol. The summed E-state index contributed by atoms with van der Waals surface area (Å²) in [6.07, 6.45) is -1.04. The van der Waals surface area contributed by atoms with Crippen molar-refractivity contribution < 1.29 is 8.78 Å². The van der Waals surface area contributed by atoms with Crippen molar-refractivity contribution in [2.45, 2.75) is 19.3 Å². The quantitative estimate of drug-likeness (QED) is 0.827. The van der Waals surface area contributed by atoms with Crippen molar-refractivity contribution in [3.63, 3.8) is 0 Å². The van der Waals surface area contributed by atoms with Gasteiger partial charge in [-0.2, -0.15) is 0 Å².